The van der Waals surface area contributed by atoms with E-state index in [9.17, 15) is 9.59 Å². The number of hydrogen-bond donors (Lipinski definition) is 0. The van der Waals surface area contributed by atoms with Gasteiger partial charge in [-0.15, -0.1) is 0 Å². The van der Waals surface area contributed by atoms with Crippen molar-refractivity contribution < 1.29 is 14.3 Å². The summed E-state index contributed by atoms with van der Waals surface area (Å²) >= 11 is 0. The van der Waals surface area contributed by atoms with Crippen LogP contribution in [0.25, 0.3) is 0 Å². The Bertz CT molecular complexity index is 689. The Balaban J connectivity index is 1.46. The molecular weight excluding hydrogens is 364 g/mol. The summed E-state index contributed by atoms with van der Waals surface area (Å²) in [5.74, 6) is 2.31. The van der Waals surface area contributed by atoms with E-state index in [0.29, 0.717) is 24.9 Å². The minimum Gasteiger partial charge on any atom is -0.483 e. The van der Waals surface area contributed by atoms with Crippen molar-refractivity contribution in [3.63, 3.8) is 0 Å². The van der Waals surface area contributed by atoms with E-state index in [2.05, 4.69) is 26.8 Å². The Hall–Kier alpha value is -2.04. The van der Waals surface area contributed by atoms with Gasteiger partial charge in [0, 0.05) is 32.1 Å². The van der Waals surface area contributed by atoms with E-state index in [0.717, 1.165) is 62.4 Å². The average molecular weight is 401 g/mol. The molecule has 2 aliphatic rings. The lowest BCUT2D eigenvalue weighted by Crippen LogP contribution is -2.47. The number of carbonyl (C=O) groups excluding carboxylic acids is 2. The first-order valence-corrected chi connectivity index (χ1v) is 11.3. The van der Waals surface area contributed by atoms with Gasteiger partial charge in [0.05, 0.1) is 0 Å². The lowest BCUT2D eigenvalue weighted by molar-refractivity contribution is -0.142. The molecular formula is C24H36N2O3. The van der Waals surface area contributed by atoms with Crippen molar-refractivity contribution in [2.24, 2.45) is 11.8 Å². The third-order valence-corrected chi connectivity index (χ3v) is 6.71. The van der Waals surface area contributed by atoms with Crippen LogP contribution in [0, 0.1) is 11.8 Å². The molecule has 2 saturated heterocycles. The van der Waals surface area contributed by atoms with Crippen LogP contribution in [-0.4, -0.2) is 54.4 Å². The molecule has 1 aromatic rings. The van der Waals surface area contributed by atoms with Crippen LogP contribution in [0.2, 0.25) is 0 Å². The van der Waals surface area contributed by atoms with Crippen molar-refractivity contribution in [1.82, 2.24) is 9.80 Å². The summed E-state index contributed by atoms with van der Waals surface area (Å²) in [6, 6.07) is 7.98. The highest BCUT2D eigenvalue weighted by Gasteiger charge is 2.31. The van der Waals surface area contributed by atoms with Crippen molar-refractivity contribution in [2.45, 2.75) is 58.8 Å². The van der Waals surface area contributed by atoms with E-state index in [1.54, 1.807) is 0 Å². The van der Waals surface area contributed by atoms with Crippen LogP contribution in [0.1, 0.15) is 64.4 Å². The van der Waals surface area contributed by atoms with Crippen LogP contribution in [0.15, 0.2) is 24.3 Å². The number of hydrogen-bond acceptors (Lipinski definition) is 3. The molecule has 0 aromatic heterocycles. The first-order chi connectivity index (χ1) is 14.0. The van der Waals surface area contributed by atoms with E-state index in [-0.39, 0.29) is 18.4 Å². The number of rotatable bonds is 6. The zero-order chi connectivity index (χ0) is 20.8. The molecule has 0 radical (unpaired) electrons. The Morgan fingerprint density at radius 2 is 1.66 bits per heavy atom. The third-order valence-electron chi connectivity index (χ3n) is 6.71. The predicted molar refractivity (Wildman–Crippen MR) is 115 cm³/mol. The summed E-state index contributed by atoms with van der Waals surface area (Å²) in [6.07, 6.45) is 4.78. The highest BCUT2D eigenvalue weighted by atomic mass is 16.5. The normalized spacial score (nSPS) is 19.8. The van der Waals surface area contributed by atoms with Crippen LogP contribution in [0.5, 0.6) is 5.75 Å². The Morgan fingerprint density at radius 1 is 1.03 bits per heavy atom. The third kappa shape index (κ3) is 5.52. The first kappa shape index (κ1) is 21.7. The fraction of sp³-hybridized carbons (Fsp3) is 0.667. The number of piperidine rings is 2. The zero-order valence-corrected chi connectivity index (χ0v) is 18.2. The van der Waals surface area contributed by atoms with Gasteiger partial charge in [-0.1, -0.05) is 39.0 Å². The Labute approximate surface area is 175 Å². The summed E-state index contributed by atoms with van der Waals surface area (Å²) in [5, 5.41) is 0. The minimum atomic E-state index is 0.0154. The molecule has 2 amide bonds. The molecule has 0 aliphatic carbocycles. The molecule has 0 spiro atoms. The molecule has 5 heteroatoms. The summed E-state index contributed by atoms with van der Waals surface area (Å²) < 4.78 is 5.89. The van der Waals surface area contributed by atoms with E-state index in [4.69, 9.17) is 4.74 Å². The number of benzene rings is 1. The second-order valence-corrected chi connectivity index (χ2v) is 8.80. The highest BCUT2D eigenvalue weighted by Crippen LogP contribution is 2.29. The minimum absolute atomic E-state index is 0.0154. The molecule has 160 valence electrons. The maximum absolute atomic E-state index is 12.8. The van der Waals surface area contributed by atoms with Gasteiger partial charge >= 0.3 is 0 Å². The fourth-order valence-corrected chi connectivity index (χ4v) is 4.33. The largest absolute Gasteiger partial charge is 0.483 e. The van der Waals surface area contributed by atoms with Gasteiger partial charge in [0.1, 0.15) is 5.75 Å². The zero-order valence-electron chi connectivity index (χ0n) is 18.2. The molecule has 1 aromatic carbocycles. The maximum Gasteiger partial charge on any atom is 0.260 e. The van der Waals surface area contributed by atoms with E-state index in [1.165, 1.54) is 0 Å². The van der Waals surface area contributed by atoms with Crippen molar-refractivity contribution >= 4 is 11.8 Å². The van der Waals surface area contributed by atoms with Gasteiger partial charge in [0.25, 0.3) is 5.91 Å². The summed E-state index contributed by atoms with van der Waals surface area (Å²) in [6.45, 7) is 9.74. The Kier molecular flexibility index (Phi) is 7.57. The van der Waals surface area contributed by atoms with Gasteiger partial charge in [0.2, 0.25) is 5.91 Å². The molecule has 1 atom stereocenters. The summed E-state index contributed by atoms with van der Waals surface area (Å²) in [4.78, 5) is 29.3. The van der Waals surface area contributed by atoms with E-state index < -0.39 is 0 Å². The van der Waals surface area contributed by atoms with Crippen LogP contribution >= 0.6 is 0 Å². The monoisotopic (exact) mass is 400 g/mol. The molecule has 0 N–H and O–H groups in total. The van der Waals surface area contributed by atoms with Gasteiger partial charge in [-0.05, 0) is 55.6 Å². The smallest absolute Gasteiger partial charge is 0.260 e. The molecule has 2 heterocycles. The van der Waals surface area contributed by atoms with Crippen LogP contribution in [-0.2, 0) is 9.59 Å². The topological polar surface area (TPSA) is 49.9 Å². The number of nitrogens with zero attached hydrogens (tertiary/aromatic N) is 2. The molecule has 2 fully saturated rings. The van der Waals surface area contributed by atoms with Gasteiger partial charge < -0.3 is 14.5 Å². The van der Waals surface area contributed by atoms with Gasteiger partial charge in [0.15, 0.2) is 6.61 Å². The summed E-state index contributed by atoms with van der Waals surface area (Å²) in [7, 11) is 0. The molecule has 5 nitrogen and oxygen atoms in total. The van der Waals surface area contributed by atoms with Crippen molar-refractivity contribution in [2.75, 3.05) is 32.8 Å². The maximum atomic E-state index is 12.8. The second kappa shape index (κ2) is 10.1. The molecule has 0 saturated carbocycles. The first-order valence-electron chi connectivity index (χ1n) is 11.3. The van der Waals surface area contributed by atoms with E-state index >= 15 is 0 Å². The lowest BCUT2D eigenvalue weighted by Gasteiger charge is -2.36. The second-order valence-electron chi connectivity index (χ2n) is 8.80. The standard InChI is InChI=1S/C24H36N2O3/c1-4-19(3)21-7-5-6-8-22(21)29-17-23(27)25-15-11-20(12-16-25)24(28)26-13-9-18(2)10-14-26/h5-8,18-20H,4,9-17H2,1-3H3. The van der Waals surface area contributed by atoms with Gasteiger partial charge in [-0.3, -0.25) is 9.59 Å². The number of ether oxygens (including phenoxy) is 1. The molecule has 3 rings (SSSR count). The van der Waals surface area contributed by atoms with E-state index in [1.807, 2.05) is 28.0 Å². The molecule has 29 heavy (non-hydrogen) atoms. The van der Waals surface area contributed by atoms with Crippen molar-refractivity contribution in [1.29, 1.82) is 0 Å². The number of para-hydroxylation sites is 1. The van der Waals surface area contributed by atoms with Crippen LogP contribution in [0.3, 0.4) is 0 Å². The summed E-state index contributed by atoms with van der Waals surface area (Å²) in [5.41, 5.74) is 1.16. The molecule has 2 aliphatic heterocycles. The SMILES string of the molecule is CCC(C)c1ccccc1OCC(=O)N1CCC(C(=O)N2CCC(C)CC2)CC1. The predicted octanol–water partition coefficient (Wildman–Crippen LogP) is 4.08. The van der Waals surface area contributed by atoms with Gasteiger partial charge in [-0.2, -0.15) is 0 Å². The number of carbonyl (C=O) groups is 2. The highest BCUT2D eigenvalue weighted by molar-refractivity contribution is 5.80. The van der Waals surface area contributed by atoms with Crippen LogP contribution in [0.4, 0.5) is 0 Å². The fourth-order valence-electron chi connectivity index (χ4n) is 4.33. The van der Waals surface area contributed by atoms with Crippen molar-refractivity contribution in [3.05, 3.63) is 29.8 Å². The quantitative estimate of drug-likeness (QED) is 0.723. The average Bonchev–Trinajstić information content (AvgIpc) is 2.77. The lowest BCUT2D eigenvalue weighted by atomic mass is 9.92. The number of likely N-dealkylation sites (tertiary alicyclic amines) is 2. The molecule has 0 bridgehead atoms. The van der Waals surface area contributed by atoms with Gasteiger partial charge in [-0.25, -0.2) is 0 Å². The number of amides is 2. The molecule has 1 unspecified atom stereocenters. The Morgan fingerprint density at radius 3 is 2.31 bits per heavy atom. The van der Waals surface area contributed by atoms with Crippen molar-refractivity contribution in [3.8, 4) is 5.75 Å². The van der Waals surface area contributed by atoms with Crippen LogP contribution < -0.4 is 4.74 Å².